The molecule has 0 aliphatic rings. The Morgan fingerprint density at radius 3 is 2.29 bits per heavy atom. The molecule has 0 bridgehead atoms. The molecular weight excluding hydrogens is 379 g/mol. The minimum absolute atomic E-state index is 0.102. The smallest absolute Gasteiger partial charge is 0.252 e. The van der Waals surface area contributed by atoms with E-state index in [0.717, 1.165) is 9.13 Å². The average Bonchev–Trinajstić information content (AvgIpc) is 2.52. The van der Waals surface area contributed by atoms with Crippen LogP contribution in [0.2, 0.25) is 0 Å². The number of carbonyl (C=O) groups is 2. The number of carbonyl (C=O) groups excluding carboxylic acids is 2. The van der Waals surface area contributed by atoms with Gasteiger partial charge in [0.05, 0.1) is 5.56 Å². The summed E-state index contributed by atoms with van der Waals surface area (Å²) >= 11 is 2.14. The fourth-order valence-corrected chi connectivity index (χ4v) is 2.47. The molecule has 0 atom stereocenters. The van der Waals surface area contributed by atoms with Crippen molar-refractivity contribution in [2.75, 3.05) is 7.05 Å². The maximum absolute atomic E-state index is 12.1. The van der Waals surface area contributed by atoms with Crippen LogP contribution in [0, 0.1) is 3.57 Å². The molecule has 108 valence electrons. The molecule has 0 saturated carbocycles. The molecule has 0 aliphatic heterocycles. The predicted molar refractivity (Wildman–Crippen MR) is 90.2 cm³/mol. The summed E-state index contributed by atoms with van der Waals surface area (Å²) in [6.07, 6.45) is 0. The molecule has 5 heteroatoms. The number of benzene rings is 2. The van der Waals surface area contributed by atoms with Crippen molar-refractivity contribution in [1.82, 2.24) is 10.6 Å². The van der Waals surface area contributed by atoms with Gasteiger partial charge < -0.3 is 10.6 Å². The molecule has 2 rings (SSSR count). The molecule has 0 saturated heterocycles. The predicted octanol–water partition coefficient (Wildman–Crippen LogP) is 2.58. The highest BCUT2D eigenvalue weighted by atomic mass is 127. The van der Waals surface area contributed by atoms with Gasteiger partial charge in [-0.2, -0.15) is 0 Å². The quantitative estimate of drug-likeness (QED) is 0.784. The highest BCUT2D eigenvalue weighted by Gasteiger charge is 2.08. The number of hydrogen-bond donors (Lipinski definition) is 2. The van der Waals surface area contributed by atoms with Gasteiger partial charge in [0.1, 0.15) is 0 Å². The zero-order valence-corrected chi connectivity index (χ0v) is 13.7. The first-order chi connectivity index (χ1) is 10.1. The zero-order valence-electron chi connectivity index (χ0n) is 11.5. The van der Waals surface area contributed by atoms with E-state index in [9.17, 15) is 9.59 Å². The van der Waals surface area contributed by atoms with Crippen LogP contribution < -0.4 is 10.6 Å². The lowest BCUT2D eigenvalue weighted by Crippen LogP contribution is -2.23. The lowest BCUT2D eigenvalue weighted by atomic mass is 10.1. The monoisotopic (exact) mass is 394 g/mol. The maximum Gasteiger partial charge on any atom is 0.252 e. The van der Waals surface area contributed by atoms with Crippen molar-refractivity contribution < 1.29 is 9.59 Å². The minimum atomic E-state index is -0.121. The van der Waals surface area contributed by atoms with Gasteiger partial charge in [-0.1, -0.05) is 24.3 Å². The van der Waals surface area contributed by atoms with Crippen molar-refractivity contribution in [3.63, 3.8) is 0 Å². The van der Waals surface area contributed by atoms with Gasteiger partial charge in [0.2, 0.25) is 0 Å². The topological polar surface area (TPSA) is 58.2 Å². The molecule has 0 aliphatic carbocycles. The van der Waals surface area contributed by atoms with E-state index in [1.54, 1.807) is 25.2 Å². The number of hydrogen-bond acceptors (Lipinski definition) is 2. The number of nitrogens with one attached hydrogen (secondary N) is 2. The van der Waals surface area contributed by atoms with Gasteiger partial charge in [-0.3, -0.25) is 9.59 Å². The standard InChI is InChI=1S/C16H15IN2O2/c1-18-15(20)12-8-6-11(7-9-12)10-19-16(21)13-4-2-3-5-14(13)17/h2-9H,10H2,1H3,(H,18,20)(H,19,21). The summed E-state index contributed by atoms with van der Waals surface area (Å²) in [7, 11) is 1.60. The second-order valence-electron chi connectivity index (χ2n) is 4.44. The molecule has 2 amide bonds. The third-order valence-corrected chi connectivity index (χ3v) is 3.96. The summed E-state index contributed by atoms with van der Waals surface area (Å²) in [6, 6.07) is 14.6. The van der Waals surface area contributed by atoms with Crippen molar-refractivity contribution >= 4 is 34.4 Å². The molecular formula is C16H15IN2O2. The van der Waals surface area contributed by atoms with Gasteiger partial charge in [-0.25, -0.2) is 0 Å². The lowest BCUT2D eigenvalue weighted by Gasteiger charge is -2.07. The lowest BCUT2D eigenvalue weighted by molar-refractivity contribution is 0.0945. The van der Waals surface area contributed by atoms with Crippen molar-refractivity contribution in [1.29, 1.82) is 0 Å². The maximum atomic E-state index is 12.1. The fourth-order valence-electron chi connectivity index (χ4n) is 1.84. The van der Waals surface area contributed by atoms with Gasteiger partial charge in [-0.05, 0) is 52.4 Å². The van der Waals surface area contributed by atoms with Crippen LogP contribution in [0.3, 0.4) is 0 Å². The first kappa shape index (κ1) is 15.5. The molecule has 4 nitrogen and oxygen atoms in total. The van der Waals surface area contributed by atoms with Gasteiger partial charge >= 0.3 is 0 Å². The van der Waals surface area contributed by atoms with Crippen LogP contribution in [0.25, 0.3) is 0 Å². The van der Waals surface area contributed by atoms with Gasteiger partial charge in [0.15, 0.2) is 0 Å². The van der Waals surface area contributed by atoms with E-state index in [4.69, 9.17) is 0 Å². The summed E-state index contributed by atoms with van der Waals surface area (Å²) in [5, 5.41) is 5.44. The second-order valence-corrected chi connectivity index (χ2v) is 5.60. The molecule has 0 unspecified atom stereocenters. The van der Waals surface area contributed by atoms with Crippen molar-refractivity contribution in [2.45, 2.75) is 6.54 Å². The Morgan fingerprint density at radius 2 is 1.67 bits per heavy atom. The molecule has 0 radical (unpaired) electrons. The van der Waals surface area contributed by atoms with E-state index >= 15 is 0 Å². The molecule has 2 aromatic carbocycles. The van der Waals surface area contributed by atoms with Crippen molar-refractivity contribution in [2.24, 2.45) is 0 Å². The fraction of sp³-hybridized carbons (Fsp3) is 0.125. The Hall–Kier alpha value is -1.89. The van der Waals surface area contributed by atoms with E-state index in [1.807, 2.05) is 30.3 Å². The molecule has 0 spiro atoms. The van der Waals surface area contributed by atoms with Crippen LogP contribution in [-0.2, 0) is 6.54 Å². The van der Waals surface area contributed by atoms with E-state index in [2.05, 4.69) is 33.2 Å². The van der Waals surface area contributed by atoms with Crippen LogP contribution in [0.4, 0.5) is 0 Å². The third kappa shape index (κ3) is 4.04. The largest absolute Gasteiger partial charge is 0.355 e. The summed E-state index contributed by atoms with van der Waals surface area (Å²) in [4.78, 5) is 23.5. The molecule has 0 heterocycles. The third-order valence-electron chi connectivity index (χ3n) is 3.01. The molecule has 0 fully saturated rings. The molecule has 21 heavy (non-hydrogen) atoms. The van der Waals surface area contributed by atoms with E-state index in [1.165, 1.54) is 0 Å². The summed E-state index contributed by atoms with van der Waals surface area (Å²) in [5.74, 6) is -0.222. The highest BCUT2D eigenvalue weighted by molar-refractivity contribution is 14.1. The van der Waals surface area contributed by atoms with Gasteiger partial charge in [0, 0.05) is 22.7 Å². The Bertz CT molecular complexity index is 654. The van der Waals surface area contributed by atoms with Crippen LogP contribution >= 0.6 is 22.6 Å². The Morgan fingerprint density at radius 1 is 1.00 bits per heavy atom. The van der Waals surface area contributed by atoms with Crippen molar-refractivity contribution in [3.8, 4) is 0 Å². The first-order valence-electron chi connectivity index (χ1n) is 6.45. The summed E-state index contributed by atoms with van der Waals surface area (Å²) < 4.78 is 0.919. The van der Waals surface area contributed by atoms with E-state index in [-0.39, 0.29) is 11.8 Å². The Kier molecular flexibility index (Phi) is 5.32. The van der Waals surface area contributed by atoms with Crippen LogP contribution in [0.5, 0.6) is 0 Å². The summed E-state index contributed by atoms with van der Waals surface area (Å²) in [6.45, 7) is 0.428. The van der Waals surface area contributed by atoms with Crippen molar-refractivity contribution in [3.05, 3.63) is 68.8 Å². The van der Waals surface area contributed by atoms with E-state index in [0.29, 0.717) is 17.7 Å². The molecule has 2 N–H and O–H groups in total. The zero-order chi connectivity index (χ0) is 15.2. The number of rotatable bonds is 4. The number of amides is 2. The summed E-state index contributed by atoms with van der Waals surface area (Å²) in [5.41, 5.74) is 2.22. The normalized spacial score (nSPS) is 10.0. The average molecular weight is 394 g/mol. The van der Waals surface area contributed by atoms with Gasteiger partial charge in [-0.15, -0.1) is 0 Å². The van der Waals surface area contributed by atoms with Crippen LogP contribution in [0.15, 0.2) is 48.5 Å². The van der Waals surface area contributed by atoms with Crippen LogP contribution in [0.1, 0.15) is 26.3 Å². The first-order valence-corrected chi connectivity index (χ1v) is 7.53. The number of halogens is 1. The second kappa shape index (κ2) is 7.21. The molecule has 0 aromatic heterocycles. The van der Waals surface area contributed by atoms with Crippen LogP contribution in [-0.4, -0.2) is 18.9 Å². The Labute approximate surface area is 137 Å². The minimum Gasteiger partial charge on any atom is -0.355 e. The van der Waals surface area contributed by atoms with Gasteiger partial charge in [0.25, 0.3) is 11.8 Å². The highest BCUT2D eigenvalue weighted by Crippen LogP contribution is 2.11. The van der Waals surface area contributed by atoms with E-state index < -0.39 is 0 Å². The molecule has 2 aromatic rings. The Balaban J connectivity index is 1.99. The SMILES string of the molecule is CNC(=O)c1ccc(CNC(=O)c2ccccc2I)cc1.